The number of fused-ring (bicyclic) bond motifs is 1. The van der Waals surface area contributed by atoms with Gasteiger partial charge in [-0.2, -0.15) is 0 Å². The molecule has 1 amide bonds. The van der Waals surface area contributed by atoms with Gasteiger partial charge in [0.2, 0.25) is 11.7 Å². The van der Waals surface area contributed by atoms with Crippen LogP contribution in [0.5, 0.6) is 17.2 Å². The van der Waals surface area contributed by atoms with E-state index in [0.717, 1.165) is 11.1 Å². The largest absolute Gasteiger partial charge is 0.493 e. The number of methoxy groups -OCH3 is 3. The van der Waals surface area contributed by atoms with Crippen molar-refractivity contribution in [3.63, 3.8) is 0 Å². The molecule has 0 fully saturated rings. The van der Waals surface area contributed by atoms with Gasteiger partial charge in [0.05, 0.1) is 27.0 Å². The summed E-state index contributed by atoms with van der Waals surface area (Å²) in [6, 6.07) is 5.38. The molecule has 1 N–H and O–H groups in total. The summed E-state index contributed by atoms with van der Waals surface area (Å²) in [7, 11) is 4.62. The molecule has 1 aliphatic rings. The first kappa shape index (κ1) is 16.4. The van der Waals surface area contributed by atoms with Crippen LogP contribution in [0.1, 0.15) is 23.5 Å². The Morgan fingerprint density at radius 2 is 1.96 bits per heavy atom. The van der Waals surface area contributed by atoms with E-state index >= 15 is 0 Å². The van der Waals surface area contributed by atoms with Crippen molar-refractivity contribution < 1.29 is 19.0 Å². The monoisotopic (exact) mass is 348 g/mol. The van der Waals surface area contributed by atoms with Crippen LogP contribution in [-0.4, -0.2) is 32.2 Å². The Bertz CT molecular complexity index is 794. The highest BCUT2D eigenvalue weighted by Crippen LogP contribution is 2.51. The lowest BCUT2D eigenvalue weighted by molar-refractivity contribution is -0.116. The molecular weight excluding hydrogens is 332 g/mol. The molecule has 126 valence electrons. The van der Waals surface area contributed by atoms with Crippen LogP contribution in [0.4, 0.5) is 5.69 Å². The number of pyridine rings is 1. The predicted octanol–water partition coefficient (Wildman–Crippen LogP) is 3.23. The Kier molecular flexibility index (Phi) is 4.49. The molecule has 2 heterocycles. The van der Waals surface area contributed by atoms with Crippen molar-refractivity contribution in [1.82, 2.24) is 4.98 Å². The third kappa shape index (κ3) is 2.63. The van der Waals surface area contributed by atoms with Gasteiger partial charge < -0.3 is 19.5 Å². The van der Waals surface area contributed by atoms with Gasteiger partial charge in [0.1, 0.15) is 5.15 Å². The molecule has 0 saturated heterocycles. The Balaban J connectivity index is 2.28. The van der Waals surface area contributed by atoms with E-state index < -0.39 is 0 Å². The Morgan fingerprint density at radius 3 is 2.58 bits per heavy atom. The molecule has 2 aromatic rings. The zero-order valence-electron chi connectivity index (χ0n) is 13.6. The number of hydrogen-bond donors (Lipinski definition) is 1. The molecule has 1 aromatic carbocycles. The maximum atomic E-state index is 12.2. The lowest BCUT2D eigenvalue weighted by Gasteiger charge is -2.29. The lowest BCUT2D eigenvalue weighted by Crippen LogP contribution is -2.24. The maximum Gasteiger partial charge on any atom is 0.225 e. The van der Waals surface area contributed by atoms with Gasteiger partial charge in [0, 0.05) is 30.2 Å². The number of nitrogens with one attached hydrogen (secondary N) is 1. The number of carbonyl (C=O) groups is 1. The molecule has 0 bridgehead atoms. The number of aromatic nitrogens is 1. The van der Waals surface area contributed by atoms with Gasteiger partial charge in [-0.25, -0.2) is 4.98 Å². The third-order valence-electron chi connectivity index (χ3n) is 4.04. The quantitative estimate of drug-likeness (QED) is 0.859. The second kappa shape index (κ2) is 6.57. The number of benzene rings is 1. The molecule has 1 aromatic heterocycles. The molecule has 1 unspecified atom stereocenters. The van der Waals surface area contributed by atoms with E-state index in [0.29, 0.717) is 28.1 Å². The van der Waals surface area contributed by atoms with Gasteiger partial charge >= 0.3 is 0 Å². The van der Waals surface area contributed by atoms with Crippen LogP contribution < -0.4 is 19.5 Å². The third-order valence-corrected chi connectivity index (χ3v) is 4.36. The molecule has 6 nitrogen and oxygen atoms in total. The number of carbonyl (C=O) groups excluding carboxylic acids is 1. The summed E-state index contributed by atoms with van der Waals surface area (Å²) in [6.07, 6.45) is 1.85. The fourth-order valence-corrected chi connectivity index (χ4v) is 3.29. The summed E-state index contributed by atoms with van der Waals surface area (Å²) in [4.78, 5) is 16.3. The number of anilines is 1. The molecule has 1 atom stereocenters. The van der Waals surface area contributed by atoms with Crippen LogP contribution in [0.3, 0.4) is 0 Å². The Hall–Kier alpha value is -2.47. The van der Waals surface area contributed by atoms with E-state index in [4.69, 9.17) is 25.8 Å². The first-order chi connectivity index (χ1) is 11.6. The molecule has 0 radical (unpaired) electrons. The van der Waals surface area contributed by atoms with Gasteiger partial charge in [-0.15, -0.1) is 0 Å². The van der Waals surface area contributed by atoms with Gasteiger partial charge in [-0.05, 0) is 11.6 Å². The van der Waals surface area contributed by atoms with Crippen molar-refractivity contribution in [3.8, 4) is 17.2 Å². The average molecular weight is 349 g/mol. The van der Waals surface area contributed by atoms with E-state index in [1.807, 2.05) is 6.07 Å². The second-order valence-corrected chi connectivity index (χ2v) is 5.65. The fraction of sp³-hybridized carbons (Fsp3) is 0.294. The predicted molar refractivity (Wildman–Crippen MR) is 90.4 cm³/mol. The number of ether oxygens (including phenoxy) is 3. The zero-order chi connectivity index (χ0) is 17.3. The molecular formula is C17H17ClN2O4. The molecule has 0 spiro atoms. The minimum Gasteiger partial charge on any atom is -0.493 e. The summed E-state index contributed by atoms with van der Waals surface area (Å²) in [5.41, 5.74) is 2.18. The minimum atomic E-state index is -0.287. The fourth-order valence-electron chi connectivity index (χ4n) is 3.04. The minimum absolute atomic E-state index is 0.110. The summed E-state index contributed by atoms with van der Waals surface area (Å²) < 4.78 is 16.4. The van der Waals surface area contributed by atoms with Crippen molar-refractivity contribution in [2.75, 3.05) is 26.6 Å². The van der Waals surface area contributed by atoms with Crippen LogP contribution in [-0.2, 0) is 4.79 Å². The van der Waals surface area contributed by atoms with E-state index in [1.165, 1.54) is 7.11 Å². The van der Waals surface area contributed by atoms with Gasteiger partial charge in [0.15, 0.2) is 11.5 Å². The van der Waals surface area contributed by atoms with Crippen molar-refractivity contribution in [2.24, 2.45) is 0 Å². The van der Waals surface area contributed by atoms with E-state index in [9.17, 15) is 4.79 Å². The number of nitrogens with zero attached hydrogens (tertiary/aromatic N) is 1. The van der Waals surface area contributed by atoms with Crippen molar-refractivity contribution in [3.05, 3.63) is 40.7 Å². The highest BCUT2D eigenvalue weighted by molar-refractivity contribution is 6.30. The topological polar surface area (TPSA) is 69.7 Å². The first-order valence-corrected chi connectivity index (χ1v) is 7.71. The molecule has 24 heavy (non-hydrogen) atoms. The first-order valence-electron chi connectivity index (χ1n) is 7.33. The molecule has 0 aliphatic carbocycles. The van der Waals surface area contributed by atoms with Crippen LogP contribution >= 0.6 is 11.6 Å². The number of amides is 1. The molecule has 0 saturated carbocycles. The highest BCUT2D eigenvalue weighted by Gasteiger charge is 2.34. The van der Waals surface area contributed by atoms with E-state index in [2.05, 4.69) is 10.3 Å². The second-order valence-electron chi connectivity index (χ2n) is 5.29. The molecule has 3 rings (SSSR count). The summed E-state index contributed by atoms with van der Waals surface area (Å²) in [5, 5.41) is 3.22. The van der Waals surface area contributed by atoms with Crippen molar-refractivity contribution in [1.29, 1.82) is 0 Å². The smallest absolute Gasteiger partial charge is 0.225 e. The standard InChI is InChI=1S/C17H17ClN2O4/c1-22-12-8-11-14(16(24-3)15(12)23-2)10(7-13(21)20-11)9-5-4-6-19-17(9)18/h4-6,8,10H,7H2,1-3H3,(H,20,21). The highest BCUT2D eigenvalue weighted by atomic mass is 35.5. The lowest BCUT2D eigenvalue weighted by atomic mass is 9.84. The number of rotatable bonds is 4. The van der Waals surface area contributed by atoms with Crippen molar-refractivity contribution >= 4 is 23.2 Å². The number of halogens is 1. The summed E-state index contributed by atoms with van der Waals surface area (Å²) >= 11 is 6.26. The Labute approximate surface area is 144 Å². The molecule has 7 heteroatoms. The average Bonchev–Trinajstić information content (AvgIpc) is 2.59. The van der Waals surface area contributed by atoms with Gasteiger partial charge in [-0.3, -0.25) is 4.79 Å². The van der Waals surface area contributed by atoms with Gasteiger partial charge in [0.25, 0.3) is 0 Å². The summed E-state index contributed by atoms with van der Waals surface area (Å²) in [6.45, 7) is 0. The number of hydrogen-bond acceptors (Lipinski definition) is 5. The SMILES string of the molecule is COc1cc2c(c(OC)c1OC)C(c1cccnc1Cl)CC(=O)N2. The normalized spacial score (nSPS) is 16.2. The summed E-state index contributed by atoms with van der Waals surface area (Å²) in [5.74, 6) is 1.06. The Morgan fingerprint density at radius 1 is 1.21 bits per heavy atom. The van der Waals surface area contributed by atoms with Crippen LogP contribution in [0, 0.1) is 0 Å². The van der Waals surface area contributed by atoms with E-state index in [-0.39, 0.29) is 18.2 Å². The van der Waals surface area contributed by atoms with Crippen molar-refractivity contribution in [2.45, 2.75) is 12.3 Å². The van der Waals surface area contributed by atoms with E-state index in [1.54, 1.807) is 32.5 Å². The van der Waals surface area contributed by atoms with Crippen LogP contribution in [0.2, 0.25) is 5.15 Å². The zero-order valence-corrected chi connectivity index (χ0v) is 14.3. The maximum absolute atomic E-state index is 12.2. The molecule has 1 aliphatic heterocycles. The van der Waals surface area contributed by atoms with Crippen LogP contribution in [0.25, 0.3) is 0 Å². The van der Waals surface area contributed by atoms with Crippen LogP contribution in [0.15, 0.2) is 24.4 Å². The van der Waals surface area contributed by atoms with Gasteiger partial charge in [-0.1, -0.05) is 17.7 Å².